The van der Waals surface area contributed by atoms with Gasteiger partial charge in [0.1, 0.15) is 11.8 Å². The van der Waals surface area contributed by atoms with Gasteiger partial charge in [-0.15, -0.1) is 0 Å². The smallest absolute Gasteiger partial charge is 0.332 e. The molecule has 1 fully saturated rings. The molecule has 1 aromatic heterocycles. The van der Waals surface area contributed by atoms with E-state index in [9.17, 15) is 14.4 Å². The van der Waals surface area contributed by atoms with Gasteiger partial charge in [0.25, 0.3) is 5.56 Å². The van der Waals surface area contributed by atoms with Crippen LogP contribution in [-0.4, -0.2) is 54.4 Å². The van der Waals surface area contributed by atoms with Gasteiger partial charge < -0.3 is 19.1 Å². The van der Waals surface area contributed by atoms with E-state index in [1.54, 1.807) is 45.9 Å². The molecule has 2 aromatic carbocycles. The number of amides is 1. The summed E-state index contributed by atoms with van der Waals surface area (Å²) in [4.78, 5) is 40.1. The van der Waals surface area contributed by atoms with Gasteiger partial charge in [0.15, 0.2) is 18.1 Å². The van der Waals surface area contributed by atoms with Gasteiger partial charge in [-0.2, -0.15) is 5.26 Å². The van der Waals surface area contributed by atoms with Crippen molar-refractivity contribution in [2.75, 3.05) is 33.9 Å². The van der Waals surface area contributed by atoms with Gasteiger partial charge in [-0.1, -0.05) is 6.07 Å². The highest BCUT2D eigenvalue weighted by Gasteiger charge is 2.25. The first-order valence-corrected chi connectivity index (χ1v) is 11.2. The van der Waals surface area contributed by atoms with Crippen molar-refractivity contribution < 1.29 is 19.0 Å². The number of ether oxygens (including phenoxy) is 3. The molecule has 35 heavy (non-hydrogen) atoms. The van der Waals surface area contributed by atoms with Gasteiger partial charge in [-0.3, -0.25) is 18.7 Å². The molecule has 0 saturated carbocycles. The van der Waals surface area contributed by atoms with E-state index in [1.165, 1.54) is 18.8 Å². The van der Waals surface area contributed by atoms with Crippen molar-refractivity contribution in [3.8, 4) is 23.3 Å². The van der Waals surface area contributed by atoms with Crippen LogP contribution < -0.4 is 25.5 Å². The van der Waals surface area contributed by atoms with Crippen LogP contribution in [0.1, 0.15) is 24.4 Å². The maximum absolute atomic E-state index is 13.7. The predicted octanol–water partition coefficient (Wildman–Crippen LogP) is 1.92. The molecular weight excluding hydrogens is 452 g/mol. The maximum atomic E-state index is 13.7. The Labute approximate surface area is 201 Å². The van der Waals surface area contributed by atoms with Crippen LogP contribution in [0.2, 0.25) is 0 Å². The maximum Gasteiger partial charge on any atom is 0.332 e. The third-order valence-electron chi connectivity index (χ3n) is 6.25. The van der Waals surface area contributed by atoms with Crippen molar-refractivity contribution in [3.63, 3.8) is 0 Å². The number of rotatable bonds is 8. The van der Waals surface area contributed by atoms with Gasteiger partial charge in [0.05, 0.1) is 31.7 Å². The fourth-order valence-electron chi connectivity index (χ4n) is 4.47. The second kappa shape index (κ2) is 10.3. The standard InChI is InChI=1S/C25H26N4O6/c1-33-22-6-3-17(13-23(22)34-2)15-28-24(31)20-14-19(35-12-9-26)4-5-21(20)29(25(28)32)18-7-10-27(16-30)11-8-18/h3-6,13-14,16,18H,7-8,10-12,15H2,1-2H3. The minimum absolute atomic E-state index is 0.0322. The number of aromatic nitrogens is 2. The normalized spacial score (nSPS) is 13.9. The van der Waals surface area contributed by atoms with Crippen molar-refractivity contribution in [2.24, 2.45) is 0 Å². The lowest BCUT2D eigenvalue weighted by Crippen LogP contribution is -2.44. The Balaban J connectivity index is 1.86. The summed E-state index contributed by atoms with van der Waals surface area (Å²) in [5.74, 6) is 1.41. The van der Waals surface area contributed by atoms with Crippen LogP contribution in [0, 0.1) is 11.3 Å². The Morgan fingerprint density at radius 3 is 2.46 bits per heavy atom. The van der Waals surface area contributed by atoms with Gasteiger partial charge in [-0.25, -0.2) is 4.79 Å². The number of carbonyl (C=O) groups excluding carboxylic acids is 1. The number of hydrogen-bond acceptors (Lipinski definition) is 7. The number of nitrogens with zero attached hydrogens (tertiary/aromatic N) is 4. The summed E-state index contributed by atoms with van der Waals surface area (Å²) in [7, 11) is 3.05. The van der Waals surface area contributed by atoms with E-state index >= 15 is 0 Å². The summed E-state index contributed by atoms with van der Waals surface area (Å²) < 4.78 is 18.9. The Kier molecular flexibility index (Phi) is 7.06. The first kappa shape index (κ1) is 23.9. The fourth-order valence-corrected chi connectivity index (χ4v) is 4.47. The largest absolute Gasteiger partial charge is 0.493 e. The molecule has 2 heterocycles. The highest BCUT2D eigenvalue weighted by atomic mass is 16.5. The molecule has 182 valence electrons. The van der Waals surface area contributed by atoms with Gasteiger partial charge in [0.2, 0.25) is 6.41 Å². The van der Waals surface area contributed by atoms with E-state index in [0.717, 1.165) is 6.41 Å². The second-order valence-electron chi connectivity index (χ2n) is 8.23. The summed E-state index contributed by atoms with van der Waals surface area (Å²) in [5, 5.41) is 9.16. The Morgan fingerprint density at radius 1 is 1.06 bits per heavy atom. The van der Waals surface area contributed by atoms with Crippen molar-refractivity contribution in [2.45, 2.75) is 25.4 Å². The summed E-state index contributed by atoms with van der Waals surface area (Å²) in [6.07, 6.45) is 2.00. The minimum Gasteiger partial charge on any atom is -0.493 e. The SMILES string of the molecule is COc1ccc(Cn2c(=O)c3cc(OCC#N)ccc3n(C3CCN(C=O)CC3)c2=O)cc1OC. The predicted molar refractivity (Wildman–Crippen MR) is 128 cm³/mol. The molecule has 0 spiro atoms. The molecule has 1 saturated heterocycles. The zero-order valence-electron chi connectivity index (χ0n) is 19.6. The van der Waals surface area contributed by atoms with Crippen molar-refractivity contribution in [1.29, 1.82) is 5.26 Å². The average Bonchev–Trinajstić information content (AvgIpc) is 2.90. The minimum atomic E-state index is -0.455. The number of hydrogen-bond donors (Lipinski definition) is 0. The van der Waals surface area contributed by atoms with Crippen LogP contribution >= 0.6 is 0 Å². The van der Waals surface area contributed by atoms with E-state index < -0.39 is 11.2 Å². The molecule has 1 amide bonds. The molecule has 1 aliphatic heterocycles. The van der Waals surface area contributed by atoms with Crippen LogP contribution in [0.25, 0.3) is 10.9 Å². The number of nitriles is 1. The average molecular weight is 479 g/mol. The highest BCUT2D eigenvalue weighted by molar-refractivity contribution is 5.80. The van der Waals surface area contributed by atoms with Crippen LogP contribution in [0.3, 0.4) is 0 Å². The lowest BCUT2D eigenvalue weighted by molar-refractivity contribution is -0.119. The molecule has 0 bridgehead atoms. The molecule has 10 heteroatoms. The van der Waals surface area contributed by atoms with Crippen molar-refractivity contribution >= 4 is 17.3 Å². The topological polar surface area (TPSA) is 116 Å². The molecule has 0 aliphatic carbocycles. The Hall–Kier alpha value is -4.26. The van der Waals surface area contributed by atoms with E-state index in [1.807, 2.05) is 6.07 Å². The molecule has 0 atom stereocenters. The summed E-state index contributed by atoms with van der Waals surface area (Å²) in [5.41, 5.74) is 0.314. The van der Waals surface area contributed by atoms with Crippen LogP contribution in [0.15, 0.2) is 46.0 Å². The van der Waals surface area contributed by atoms with Gasteiger partial charge >= 0.3 is 5.69 Å². The highest BCUT2D eigenvalue weighted by Crippen LogP contribution is 2.28. The zero-order chi connectivity index (χ0) is 24.9. The summed E-state index contributed by atoms with van der Waals surface area (Å²) >= 11 is 0. The van der Waals surface area contributed by atoms with Gasteiger partial charge in [0, 0.05) is 19.1 Å². The lowest BCUT2D eigenvalue weighted by Gasteiger charge is -2.31. The molecule has 1 aliphatic rings. The molecule has 10 nitrogen and oxygen atoms in total. The van der Waals surface area contributed by atoms with Crippen LogP contribution in [0.4, 0.5) is 0 Å². The van der Waals surface area contributed by atoms with E-state index in [2.05, 4.69) is 0 Å². The number of benzene rings is 2. The number of fused-ring (bicyclic) bond motifs is 1. The molecule has 3 aromatic rings. The number of methoxy groups -OCH3 is 2. The molecule has 0 radical (unpaired) electrons. The van der Waals surface area contributed by atoms with E-state index in [-0.39, 0.29) is 19.2 Å². The van der Waals surface area contributed by atoms with E-state index in [4.69, 9.17) is 19.5 Å². The lowest BCUT2D eigenvalue weighted by atomic mass is 10.0. The van der Waals surface area contributed by atoms with Crippen molar-refractivity contribution in [3.05, 3.63) is 62.8 Å². The molecular formula is C25H26N4O6. The number of carbonyl (C=O) groups is 1. The number of likely N-dealkylation sites (tertiary alicyclic amines) is 1. The quantitative estimate of drug-likeness (QED) is 0.454. The summed E-state index contributed by atoms with van der Waals surface area (Å²) in [6, 6.07) is 11.9. The monoisotopic (exact) mass is 478 g/mol. The molecule has 4 rings (SSSR count). The summed E-state index contributed by atoms with van der Waals surface area (Å²) in [6.45, 7) is 0.931. The van der Waals surface area contributed by atoms with Gasteiger partial charge in [-0.05, 0) is 48.7 Å². The molecule has 0 unspecified atom stereocenters. The Morgan fingerprint density at radius 2 is 1.80 bits per heavy atom. The van der Waals surface area contributed by atoms with Crippen LogP contribution in [0.5, 0.6) is 17.2 Å². The van der Waals surface area contributed by atoms with E-state index in [0.29, 0.717) is 59.6 Å². The molecule has 0 N–H and O–H groups in total. The van der Waals surface area contributed by atoms with Crippen molar-refractivity contribution in [1.82, 2.24) is 14.0 Å². The Bertz CT molecular complexity index is 1400. The first-order chi connectivity index (χ1) is 17.0. The third kappa shape index (κ3) is 4.71. The zero-order valence-corrected chi connectivity index (χ0v) is 19.6. The second-order valence-corrected chi connectivity index (χ2v) is 8.23. The van der Waals surface area contributed by atoms with Crippen LogP contribution in [-0.2, 0) is 11.3 Å². The first-order valence-electron chi connectivity index (χ1n) is 11.2. The fraction of sp³-hybridized carbons (Fsp3) is 0.360. The third-order valence-corrected chi connectivity index (χ3v) is 6.25. The number of piperidine rings is 1.